The molecule has 2 heterocycles. The van der Waals surface area contributed by atoms with Crippen LogP contribution in [0.5, 0.6) is 0 Å². The molecule has 7 nitrogen and oxygen atoms in total. The molecule has 2 atom stereocenters. The highest BCUT2D eigenvalue weighted by molar-refractivity contribution is 7.90. The average Bonchev–Trinajstić information content (AvgIpc) is 3.05. The van der Waals surface area contributed by atoms with E-state index in [2.05, 4.69) is 10.1 Å². The number of likely N-dealkylation sites (N-methyl/N-ethyl adjacent to an activating group) is 1. The third-order valence-electron chi connectivity index (χ3n) is 3.99. The Labute approximate surface area is 134 Å². The molecule has 3 rings (SSSR count). The third kappa shape index (κ3) is 3.44. The van der Waals surface area contributed by atoms with Crippen LogP contribution >= 0.6 is 0 Å². The topological polar surface area (TPSA) is 96.5 Å². The zero-order valence-corrected chi connectivity index (χ0v) is 13.8. The third-order valence-corrected chi connectivity index (χ3v) is 5.62. The number of hydrogen-bond acceptors (Lipinski definition) is 7. The SMILES string of the molecule is Cc1ccc(S(=O)(=O)Cc2noc([C@@H]3C[C@@H](O)CN3C)n2)cc1. The molecule has 1 saturated heterocycles. The van der Waals surface area contributed by atoms with E-state index >= 15 is 0 Å². The van der Waals surface area contributed by atoms with Crippen LogP contribution in [0.1, 0.15) is 29.7 Å². The Morgan fingerprint density at radius 2 is 2.04 bits per heavy atom. The lowest BCUT2D eigenvalue weighted by Gasteiger charge is -2.13. The van der Waals surface area contributed by atoms with Crippen molar-refractivity contribution in [2.24, 2.45) is 0 Å². The zero-order chi connectivity index (χ0) is 16.6. The highest BCUT2D eigenvalue weighted by Crippen LogP contribution is 2.29. The monoisotopic (exact) mass is 337 g/mol. The molecule has 0 unspecified atom stereocenters. The Hall–Kier alpha value is -1.77. The van der Waals surface area contributed by atoms with Crippen LogP contribution in [-0.2, 0) is 15.6 Å². The Bertz CT molecular complexity index is 785. The first-order chi connectivity index (χ1) is 10.8. The summed E-state index contributed by atoms with van der Waals surface area (Å²) >= 11 is 0. The van der Waals surface area contributed by atoms with Crippen molar-refractivity contribution in [1.82, 2.24) is 15.0 Å². The van der Waals surface area contributed by atoms with E-state index in [0.717, 1.165) is 5.56 Å². The lowest BCUT2D eigenvalue weighted by atomic mass is 10.2. The fourth-order valence-corrected chi connectivity index (χ4v) is 3.90. The number of benzene rings is 1. The summed E-state index contributed by atoms with van der Waals surface area (Å²) in [5.74, 6) is 0.173. The number of aliphatic hydroxyl groups excluding tert-OH is 1. The number of aromatic nitrogens is 2. The van der Waals surface area contributed by atoms with Crippen molar-refractivity contribution in [3.05, 3.63) is 41.5 Å². The second-order valence-electron chi connectivity index (χ2n) is 5.97. The maximum absolute atomic E-state index is 12.4. The van der Waals surface area contributed by atoms with E-state index in [4.69, 9.17) is 4.52 Å². The van der Waals surface area contributed by atoms with Gasteiger partial charge in [-0.05, 0) is 32.5 Å². The molecule has 1 fully saturated rings. The van der Waals surface area contributed by atoms with Crippen LogP contribution in [0, 0.1) is 6.92 Å². The molecule has 0 amide bonds. The quantitative estimate of drug-likeness (QED) is 0.892. The highest BCUT2D eigenvalue weighted by atomic mass is 32.2. The number of aryl methyl sites for hydroxylation is 1. The molecule has 23 heavy (non-hydrogen) atoms. The minimum Gasteiger partial charge on any atom is -0.392 e. The van der Waals surface area contributed by atoms with E-state index in [9.17, 15) is 13.5 Å². The predicted molar refractivity (Wildman–Crippen MR) is 82.4 cm³/mol. The molecule has 0 aliphatic carbocycles. The number of aliphatic hydroxyl groups is 1. The van der Waals surface area contributed by atoms with Gasteiger partial charge in [-0.2, -0.15) is 4.98 Å². The van der Waals surface area contributed by atoms with Crippen LogP contribution in [0.3, 0.4) is 0 Å². The summed E-state index contributed by atoms with van der Waals surface area (Å²) in [6, 6.07) is 6.49. The van der Waals surface area contributed by atoms with Crippen molar-refractivity contribution >= 4 is 9.84 Å². The summed E-state index contributed by atoms with van der Waals surface area (Å²) in [6.07, 6.45) is 0.0692. The molecule has 124 valence electrons. The summed E-state index contributed by atoms with van der Waals surface area (Å²) in [4.78, 5) is 6.35. The van der Waals surface area contributed by atoms with Crippen LogP contribution < -0.4 is 0 Å². The molecule has 2 aromatic rings. The molecular formula is C15H19N3O4S. The van der Waals surface area contributed by atoms with Gasteiger partial charge in [-0.25, -0.2) is 8.42 Å². The Kier molecular flexibility index (Phi) is 4.22. The van der Waals surface area contributed by atoms with E-state index < -0.39 is 15.9 Å². The normalized spacial score (nSPS) is 22.6. The summed E-state index contributed by atoms with van der Waals surface area (Å²) in [7, 11) is -1.66. The van der Waals surface area contributed by atoms with Crippen molar-refractivity contribution in [3.63, 3.8) is 0 Å². The number of nitrogens with zero attached hydrogens (tertiary/aromatic N) is 3. The zero-order valence-electron chi connectivity index (χ0n) is 13.0. The molecule has 1 aromatic heterocycles. The molecule has 0 radical (unpaired) electrons. The van der Waals surface area contributed by atoms with Gasteiger partial charge in [0.15, 0.2) is 15.7 Å². The minimum atomic E-state index is -3.51. The summed E-state index contributed by atoms with van der Waals surface area (Å²) < 4.78 is 30.0. The van der Waals surface area contributed by atoms with Gasteiger partial charge in [-0.3, -0.25) is 4.90 Å². The largest absolute Gasteiger partial charge is 0.392 e. The van der Waals surface area contributed by atoms with Gasteiger partial charge in [0.1, 0.15) is 5.75 Å². The minimum absolute atomic E-state index is 0.135. The average molecular weight is 337 g/mol. The number of likely N-dealkylation sites (tertiary alicyclic amines) is 1. The van der Waals surface area contributed by atoms with Crippen molar-refractivity contribution in [2.75, 3.05) is 13.6 Å². The van der Waals surface area contributed by atoms with Gasteiger partial charge in [0.25, 0.3) is 0 Å². The van der Waals surface area contributed by atoms with E-state index in [0.29, 0.717) is 18.9 Å². The first-order valence-corrected chi connectivity index (χ1v) is 9.00. The molecule has 1 aliphatic heterocycles. The van der Waals surface area contributed by atoms with Crippen LogP contribution in [0.15, 0.2) is 33.7 Å². The maximum atomic E-state index is 12.4. The fraction of sp³-hybridized carbons (Fsp3) is 0.467. The molecule has 0 saturated carbocycles. The van der Waals surface area contributed by atoms with E-state index in [1.165, 1.54) is 0 Å². The molecule has 1 aliphatic rings. The number of hydrogen-bond donors (Lipinski definition) is 1. The smallest absolute Gasteiger partial charge is 0.244 e. The van der Waals surface area contributed by atoms with Gasteiger partial charge < -0.3 is 9.63 Å². The first-order valence-electron chi connectivity index (χ1n) is 7.35. The van der Waals surface area contributed by atoms with Crippen molar-refractivity contribution < 1.29 is 18.0 Å². The van der Waals surface area contributed by atoms with Crippen LogP contribution in [0.25, 0.3) is 0 Å². The molecule has 1 N–H and O–H groups in total. The summed E-state index contributed by atoms with van der Waals surface area (Å²) in [6.45, 7) is 2.43. The Morgan fingerprint density at radius 1 is 1.35 bits per heavy atom. The van der Waals surface area contributed by atoms with Crippen molar-refractivity contribution in [2.45, 2.75) is 36.1 Å². The van der Waals surface area contributed by atoms with Gasteiger partial charge in [0, 0.05) is 6.54 Å². The number of β-amino-alcohol motifs (C(OH)–C–C–N with tert-alkyl or cyclic N) is 1. The fourth-order valence-electron chi connectivity index (χ4n) is 2.72. The first kappa shape index (κ1) is 16.1. The van der Waals surface area contributed by atoms with Crippen LogP contribution in [0.2, 0.25) is 0 Å². The number of rotatable bonds is 4. The molecule has 1 aromatic carbocycles. The second-order valence-corrected chi connectivity index (χ2v) is 7.96. The lowest BCUT2D eigenvalue weighted by molar-refractivity contribution is 0.182. The second kappa shape index (κ2) is 6.03. The summed E-state index contributed by atoms with van der Waals surface area (Å²) in [5.41, 5.74) is 0.994. The van der Waals surface area contributed by atoms with E-state index in [-0.39, 0.29) is 22.5 Å². The Morgan fingerprint density at radius 3 is 2.65 bits per heavy atom. The van der Waals surface area contributed by atoms with Crippen LogP contribution in [-0.4, -0.2) is 48.3 Å². The number of sulfone groups is 1. The van der Waals surface area contributed by atoms with Gasteiger partial charge in [-0.1, -0.05) is 22.9 Å². The molecule has 8 heteroatoms. The van der Waals surface area contributed by atoms with Crippen molar-refractivity contribution in [1.29, 1.82) is 0 Å². The lowest BCUT2D eigenvalue weighted by Crippen LogP contribution is -2.19. The van der Waals surface area contributed by atoms with Gasteiger partial charge in [0.2, 0.25) is 5.89 Å². The van der Waals surface area contributed by atoms with Crippen LogP contribution in [0.4, 0.5) is 0 Å². The van der Waals surface area contributed by atoms with Gasteiger partial charge in [0.05, 0.1) is 17.0 Å². The Balaban J connectivity index is 1.77. The predicted octanol–water partition coefficient (Wildman–Crippen LogP) is 1.09. The standard InChI is InChI=1S/C15H19N3O4S/c1-10-3-5-12(6-4-10)23(20,21)9-14-16-15(22-17-14)13-7-11(19)8-18(13)2/h3-6,11,13,19H,7-9H2,1-2H3/t11-,13+/m1/s1. The van der Waals surface area contributed by atoms with Gasteiger partial charge in [-0.15, -0.1) is 0 Å². The van der Waals surface area contributed by atoms with E-state index in [1.54, 1.807) is 24.3 Å². The molecule has 0 bridgehead atoms. The molecule has 0 spiro atoms. The van der Waals surface area contributed by atoms with E-state index in [1.807, 2.05) is 18.9 Å². The van der Waals surface area contributed by atoms with Crippen molar-refractivity contribution in [3.8, 4) is 0 Å². The molecular weight excluding hydrogens is 318 g/mol. The van der Waals surface area contributed by atoms with Gasteiger partial charge >= 0.3 is 0 Å². The summed E-state index contributed by atoms with van der Waals surface area (Å²) in [5, 5.41) is 13.4. The highest BCUT2D eigenvalue weighted by Gasteiger charge is 2.33. The maximum Gasteiger partial charge on any atom is 0.244 e.